The molecule has 0 radical (unpaired) electrons. The first-order valence-corrected chi connectivity index (χ1v) is 5.79. The van der Waals surface area contributed by atoms with Crippen LogP contribution in [0, 0.1) is 0 Å². The molecule has 19 heavy (non-hydrogen) atoms. The zero-order chi connectivity index (χ0) is 13.6. The van der Waals surface area contributed by atoms with Crippen LogP contribution in [0.25, 0.3) is 0 Å². The van der Waals surface area contributed by atoms with Crippen molar-refractivity contribution in [1.82, 2.24) is 9.97 Å². The number of hydrogen-bond acceptors (Lipinski definition) is 8. The van der Waals surface area contributed by atoms with Gasteiger partial charge in [0.1, 0.15) is 17.9 Å². The van der Waals surface area contributed by atoms with Gasteiger partial charge < -0.3 is 30.3 Å². The van der Waals surface area contributed by atoms with Crippen molar-refractivity contribution in [2.75, 3.05) is 24.4 Å². The molecule has 0 spiro atoms. The molecule has 3 rings (SSSR count). The molecule has 4 atom stereocenters. The largest absolute Gasteiger partial charge is 0.468 e. The van der Waals surface area contributed by atoms with Crippen molar-refractivity contribution in [3.8, 4) is 6.01 Å². The number of aromatic amines is 1. The number of aliphatic hydroxyl groups excluding tert-OH is 2. The van der Waals surface area contributed by atoms with Crippen LogP contribution in [0.1, 0.15) is 0 Å². The Morgan fingerprint density at radius 1 is 1.42 bits per heavy atom. The quantitative estimate of drug-likeness (QED) is 0.399. The minimum absolute atomic E-state index is 0.00662. The van der Waals surface area contributed by atoms with Crippen LogP contribution in [0.2, 0.25) is 0 Å². The van der Waals surface area contributed by atoms with E-state index in [1.165, 1.54) is 7.11 Å². The van der Waals surface area contributed by atoms with E-state index in [2.05, 4.69) is 20.6 Å². The maximum atomic E-state index is 11.8. The Balaban J connectivity index is 1.98. The first kappa shape index (κ1) is 12.2. The molecule has 1 aromatic heterocycles. The second kappa shape index (κ2) is 4.37. The summed E-state index contributed by atoms with van der Waals surface area (Å²) < 4.78 is 10.2. The molecular weight excluding hydrogens is 256 g/mol. The van der Waals surface area contributed by atoms with Crippen molar-refractivity contribution in [2.45, 2.75) is 24.5 Å². The molecule has 0 amide bonds. The number of ether oxygens (including phenoxy) is 2. The number of hydrogen-bond donors (Lipinski definition) is 5. The summed E-state index contributed by atoms with van der Waals surface area (Å²) in [5.74, 6) is 0.283. The first-order chi connectivity index (χ1) is 9.10. The van der Waals surface area contributed by atoms with Gasteiger partial charge in [-0.2, -0.15) is 4.98 Å². The first-order valence-electron chi connectivity index (χ1n) is 5.79. The summed E-state index contributed by atoms with van der Waals surface area (Å²) in [4.78, 5) is 18.3. The molecule has 2 aliphatic rings. The molecule has 9 nitrogen and oxygen atoms in total. The van der Waals surface area contributed by atoms with Crippen molar-refractivity contribution >= 4 is 11.5 Å². The number of aromatic nitrogens is 2. The van der Waals surface area contributed by atoms with E-state index in [1.807, 2.05) is 0 Å². The number of H-pyrrole nitrogens is 1. The third-order valence-corrected chi connectivity index (χ3v) is 3.22. The van der Waals surface area contributed by atoms with Crippen LogP contribution >= 0.6 is 0 Å². The van der Waals surface area contributed by atoms with E-state index in [1.54, 1.807) is 0 Å². The fourth-order valence-electron chi connectivity index (χ4n) is 2.20. The standard InChI is InChI=1S/C10H14N4O5/c1-18-10-13-7-5(8(17)14-10)11-4-6(16)3(15)2-19-9(4)12-7/h3-4,6,9,11,15-16H,2H2,1H3,(H2,12,13,14,17)/t3-,4+,6+,9-/m0/s1. The van der Waals surface area contributed by atoms with E-state index in [0.717, 1.165) is 0 Å². The fourth-order valence-corrected chi connectivity index (χ4v) is 2.20. The van der Waals surface area contributed by atoms with Crippen molar-refractivity contribution in [3.63, 3.8) is 0 Å². The highest BCUT2D eigenvalue weighted by Crippen LogP contribution is 2.29. The second-order valence-corrected chi connectivity index (χ2v) is 4.43. The Morgan fingerprint density at radius 2 is 2.21 bits per heavy atom. The molecule has 104 valence electrons. The maximum absolute atomic E-state index is 11.8. The molecule has 2 aliphatic heterocycles. The molecule has 0 aromatic carbocycles. The van der Waals surface area contributed by atoms with Gasteiger partial charge in [0, 0.05) is 0 Å². The van der Waals surface area contributed by atoms with Gasteiger partial charge in [-0.1, -0.05) is 0 Å². The van der Waals surface area contributed by atoms with Gasteiger partial charge in [-0.05, 0) is 0 Å². The molecule has 0 aliphatic carbocycles. The van der Waals surface area contributed by atoms with Crippen molar-refractivity contribution < 1.29 is 19.7 Å². The van der Waals surface area contributed by atoms with Gasteiger partial charge >= 0.3 is 0 Å². The van der Waals surface area contributed by atoms with Crippen LogP contribution in [-0.2, 0) is 4.74 Å². The average Bonchev–Trinajstić information content (AvgIpc) is 2.41. The van der Waals surface area contributed by atoms with Crippen molar-refractivity contribution in [2.24, 2.45) is 0 Å². The number of nitrogens with one attached hydrogen (secondary N) is 3. The molecule has 1 aromatic rings. The van der Waals surface area contributed by atoms with Crippen LogP contribution < -0.4 is 20.9 Å². The Bertz CT molecular complexity index is 547. The van der Waals surface area contributed by atoms with E-state index in [4.69, 9.17) is 9.47 Å². The predicted molar refractivity (Wildman–Crippen MR) is 64.2 cm³/mol. The number of fused-ring (bicyclic) bond motifs is 2. The molecule has 3 heterocycles. The van der Waals surface area contributed by atoms with Crippen LogP contribution in [0.4, 0.5) is 11.5 Å². The van der Waals surface area contributed by atoms with Gasteiger partial charge in [0.15, 0.2) is 12.0 Å². The number of methoxy groups -OCH3 is 1. The summed E-state index contributed by atoms with van der Waals surface area (Å²) >= 11 is 0. The topological polar surface area (TPSA) is 129 Å². The second-order valence-electron chi connectivity index (χ2n) is 4.43. The zero-order valence-corrected chi connectivity index (χ0v) is 10.1. The average molecular weight is 270 g/mol. The zero-order valence-electron chi connectivity index (χ0n) is 10.1. The molecule has 0 unspecified atom stereocenters. The summed E-state index contributed by atoms with van der Waals surface area (Å²) in [5.41, 5.74) is -0.251. The number of rotatable bonds is 1. The van der Waals surface area contributed by atoms with E-state index >= 15 is 0 Å². The molecule has 9 heteroatoms. The lowest BCUT2D eigenvalue weighted by Gasteiger charge is -2.42. The summed E-state index contributed by atoms with van der Waals surface area (Å²) in [7, 11) is 1.39. The fraction of sp³-hybridized carbons (Fsp3) is 0.600. The summed E-state index contributed by atoms with van der Waals surface area (Å²) in [6.45, 7) is 0.00662. The molecule has 5 N–H and O–H groups in total. The molecule has 0 saturated carbocycles. The Labute approximate surface area is 107 Å². The minimum Gasteiger partial charge on any atom is -0.468 e. The maximum Gasteiger partial charge on any atom is 0.298 e. The third kappa shape index (κ3) is 1.91. The lowest BCUT2D eigenvalue weighted by molar-refractivity contribution is -0.121. The minimum atomic E-state index is -1.04. The molecule has 1 saturated heterocycles. The summed E-state index contributed by atoms with van der Waals surface area (Å²) in [6, 6.07) is -0.555. The van der Waals surface area contributed by atoms with Crippen LogP contribution in [0.5, 0.6) is 6.01 Å². The van der Waals surface area contributed by atoms with E-state index in [0.29, 0.717) is 0 Å². The predicted octanol–water partition coefficient (Wildman–Crippen LogP) is -1.94. The van der Waals surface area contributed by atoms with E-state index < -0.39 is 30.0 Å². The number of anilines is 2. The van der Waals surface area contributed by atoms with Gasteiger partial charge in [-0.25, -0.2) is 0 Å². The monoisotopic (exact) mass is 270 g/mol. The Hall–Kier alpha value is -1.84. The van der Waals surface area contributed by atoms with Gasteiger partial charge in [0.05, 0.1) is 19.8 Å². The molecular formula is C10H14N4O5. The molecule has 0 bridgehead atoms. The SMILES string of the molecule is COc1nc2c(c(=O)[nH]1)N[C@@H]1[C@H](O)[C@@H](O)CO[C@@H]1N2. The van der Waals surface area contributed by atoms with Crippen molar-refractivity contribution in [1.29, 1.82) is 0 Å². The van der Waals surface area contributed by atoms with Gasteiger partial charge in [-0.3, -0.25) is 9.78 Å². The number of aliphatic hydroxyl groups is 2. The summed E-state index contributed by atoms with van der Waals surface area (Å²) in [5, 5.41) is 25.2. The van der Waals surface area contributed by atoms with Gasteiger partial charge in [-0.15, -0.1) is 0 Å². The summed E-state index contributed by atoms with van der Waals surface area (Å²) in [6.07, 6.45) is -2.62. The highest BCUT2D eigenvalue weighted by molar-refractivity contribution is 5.67. The lowest BCUT2D eigenvalue weighted by Crippen LogP contribution is -2.61. The smallest absolute Gasteiger partial charge is 0.298 e. The lowest BCUT2D eigenvalue weighted by atomic mass is 9.99. The normalized spacial score (nSPS) is 32.6. The van der Waals surface area contributed by atoms with Crippen LogP contribution in [0.3, 0.4) is 0 Å². The third-order valence-electron chi connectivity index (χ3n) is 3.22. The highest BCUT2D eigenvalue weighted by Gasteiger charge is 2.42. The Morgan fingerprint density at radius 3 is 2.95 bits per heavy atom. The van der Waals surface area contributed by atoms with E-state index in [9.17, 15) is 15.0 Å². The van der Waals surface area contributed by atoms with E-state index in [-0.39, 0.29) is 24.1 Å². The number of nitrogens with zero attached hydrogens (tertiary/aromatic N) is 1. The van der Waals surface area contributed by atoms with Gasteiger partial charge in [0.2, 0.25) is 0 Å². The van der Waals surface area contributed by atoms with Crippen molar-refractivity contribution in [3.05, 3.63) is 10.4 Å². The molecule has 1 fully saturated rings. The van der Waals surface area contributed by atoms with Gasteiger partial charge in [0.25, 0.3) is 11.6 Å². The highest BCUT2D eigenvalue weighted by atomic mass is 16.5. The Kier molecular flexibility index (Phi) is 2.81. The van der Waals surface area contributed by atoms with Crippen LogP contribution in [0.15, 0.2) is 4.79 Å². The van der Waals surface area contributed by atoms with Crippen LogP contribution in [-0.4, -0.2) is 58.4 Å².